The maximum atomic E-state index is 12.8. The first kappa shape index (κ1) is 14.9. The minimum atomic E-state index is -3.86. The number of hydrogen-bond donors (Lipinski definition) is 0. The number of anilines is 1. The van der Waals surface area contributed by atoms with Gasteiger partial charge in [-0.05, 0) is 24.3 Å². The van der Waals surface area contributed by atoms with Crippen molar-refractivity contribution in [3.8, 4) is 11.5 Å². The monoisotopic (exact) mass is 341 g/mol. The summed E-state index contributed by atoms with van der Waals surface area (Å²) in [5.41, 5.74) is 0. The van der Waals surface area contributed by atoms with E-state index in [2.05, 4.69) is 10.2 Å². The van der Waals surface area contributed by atoms with Crippen molar-refractivity contribution in [2.45, 2.75) is 4.90 Å². The molecule has 0 saturated carbocycles. The van der Waals surface area contributed by atoms with E-state index in [1.54, 1.807) is 12.1 Å². The SMILES string of the molecule is CN(c1ccc(Cl)nn1)S(=O)(=O)c1cccc2c1OCCO2. The highest BCUT2D eigenvalue weighted by atomic mass is 35.5. The van der Waals surface area contributed by atoms with E-state index in [0.717, 1.165) is 4.31 Å². The Hall–Kier alpha value is -2.06. The Morgan fingerprint density at radius 1 is 1.14 bits per heavy atom. The molecule has 0 bridgehead atoms. The fraction of sp³-hybridized carbons (Fsp3) is 0.231. The van der Waals surface area contributed by atoms with E-state index in [1.165, 1.54) is 25.2 Å². The van der Waals surface area contributed by atoms with E-state index in [-0.39, 0.29) is 21.6 Å². The van der Waals surface area contributed by atoms with Crippen LogP contribution in [-0.4, -0.2) is 38.9 Å². The Morgan fingerprint density at radius 2 is 1.91 bits per heavy atom. The summed E-state index contributed by atoms with van der Waals surface area (Å²) in [6.07, 6.45) is 0. The van der Waals surface area contributed by atoms with E-state index in [1.807, 2.05) is 0 Å². The maximum absolute atomic E-state index is 12.8. The lowest BCUT2D eigenvalue weighted by Gasteiger charge is -2.23. The minimum Gasteiger partial charge on any atom is -0.486 e. The number of benzene rings is 1. The molecular weight excluding hydrogens is 330 g/mol. The molecule has 1 aliphatic heterocycles. The molecule has 7 nitrogen and oxygen atoms in total. The lowest BCUT2D eigenvalue weighted by atomic mass is 10.3. The third-order valence-corrected chi connectivity index (χ3v) is 5.10. The second-order valence-electron chi connectivity index (χ2n) is 4.47. The zero-order chi connectivity index (χ0) is 15.7. The zero-order valence-electron chi connectivity index (χ0n) is 11.6. The summed E-state index contributed by atoms with van der Waals surface area (Å²) in [7, 11) is -2.48. The Balaban J connectivity index is 2.05. The molecule has 22 heavy (non-hydrogen) atoms. The molecule has 116 valence electrons. The molecule has 1 aromatic heterocycles. The summed E-state index contributed by atoms with van der Waals surface area (Å²) in [6.45, 7) is 0.680. The smallest absolute Gasteiger partial charge is 0.269 e. The van der Waals surface area contributed by atoms with Crippen LogP contribution in [0, 0.1) is 0 Å². The van der Waals surface area contributed by atoms with E-state index in [4.69, 9.17) is 21.1 Å². The summed E-state index contributed by atoms with van der Waals surface area (Å²) in [5, 5.41) is 7.61. The van der Waals surface area contributed by atoms with Crippen molar-refractivity contribution >= 4 is 27.4 Å². The van der Waals surface area contributed by atoms with E-state index in [0.29, 0.717) is 19.0 Å². The normalized spacial score (nSPS) is 13.7. The average Bonchev–Trinajstić information content (AvgIpc) is 2.54. The number of fused-ring (bicyclic) bond motifs is 1. The van der Waals surface area contributed by atoms with Crippen molar-refractivity contribution in [2.24, 2.45) is 0 Å². The van der Waals surface area contributed by atoms with Gasteiger partial charge in [-0.3, -0.25) is 4.31 Å². The number of sulfonamides is 1. The van der Waals surface area contributed by atoms with Gasteiger partial charge in [-0.15, -0.1) is 10.2 Å². The van der Waals surface area contributed by atoms with Gasteiger partial charge in [0.2, 0.25) is 0 Å². The molecule has 3 rings (SSSR count). The first-order valence-corrected chi connectivity index (χ1v) is 8.19. The fourth-order valence-corrected chi connectivity index (χ4v) is 3.38. The second-order valence-corrected chi connectivity index (χ2v) is 6.79. The van der Waals surface area contributed by atoms with Gasteiger partial charge in [-0.25, -0.2) is 8.42 Å². The number of ether oxygens (including phenoxy) is 2. The molecule has 0 saturated heterocycles. The highest BCUT2D eigenvalue weighted by Crippen LogP contribution is 2.38. The number of aromatic nitrogens is 2. The van der Waals surface area contributed by atoms with Crippen molar-refractivity contribution in [1.29, 1.82) is 0 Å². The largest absolute Gasteiger partial charge is 0.486 e. The Kier molecular flexibility index (Phi) is 3.79. The Bertz CT molecular complexity index is 795. The first-order chi connectivity index (χ1) is 10.5. The summed E-state index contributed by atoms with van der Waals surface area (Å²) in [5.74, 6) is 0.768. The van der Waals surface area contributed by atoms with Gasteiger partial charge in [-0.2, -0.15) is 0 Å². The number of hydrogen-bond acceptors (Lipinski definition) is 6. The average molecular weight is 342 g/mol. The van der Waals surface area contributed by atoms with Gasteiger partial charge in [0.1, 0.15) is 18.1 Å². The molecule has 2 heterocycles. The molecule has 0 fully saturated rings. The first-order valence-electron chi connectivity index (χ1n) is 6.37. The summed E-state index contributed by atoms with van der Waals surface area (Å²) in [4.78, 5) is 0.0175. The lowest BCUT2D eigenvalue weighted by Crippen LogP contribution is -2.29. The van der Waals surface area contributed by atoms with Gasteiger partial charge in [0.05, 0.1) is 0 Å². The molecule has 0 aliphatic carbocycles. The van der Waals surface area contributed by atoms with Crippen molar-refractivity contribution in [1.82, 2.24) is 10.2 Å². The molecule has 0 spiro atoms. The zero-order valence-corrected chi connectivity index (χ0v) is 13.1. The number of nitrogens with zero attached hydrogens (tertiary/aromatic N) is 3. The molecule has 1 aliphatic rings. The minimum absolute atomic E-state index is 0.0175. The van der Waals surface area contributed by atoms with Gasteiger partial charge in [0.15, 0.2) is 22.5 Å². The number of para-hydroxylation sites is 1. The molecule has 0 radical (unpaired) electrons. The second kappa shape index (κ2) is 5.62. The van der Waals surface area contributed by atoms with Crippen molar-refractivity contribution in [3.05, 3.63) is 35.5 Å². The van der Waals surface area contributed by atoms with Crippen LogP contribution in [0.4, 0.5) is 5.82 Å². The standard InChI is InChI=1S/C13H12ClN3O4S/c1-17(12-6-5-11(14)15-16-12)22(18,19)10-4-2-3-9-13(10)21-8-7-20-9/h2-6H,7-8H2,1H3. The van der Waals surface area contributed by atoms with E-state index < -0.39 is 10.0 Å². The number of halogens is 1. The van der Waals surface area contributed by atoms with Crippen LogP contribution in [0.2, 0.25) is 5.15 Å². The van der Waals surface area contributed by atoms with Crippen molar-refractivity contribution in [3.63, 3.8) is 0 Å². The molecule has 0 unspecified atom stereocenters. The number of rotatable bonds is 3. The van der Waals surface area contributed by atoms with Gasteiger partial charge in [0.25, 0.3) is 10.0 Å². The predicted octanol–water partition coefficient (Wildman–Crippen LogP) is 1.73. The highest BCUT2D eigenvalue weighted by molar-refractivity contribution is 7.92. The van der Waals surface area contributed by atoms with Gasteiger partial charge in [-0.1, -0.05) is 17.7 Å². The molecular formula is C13H12ClN3O4S. The van der Waals surface area contributed by atoms with E-state index in [9.17, 15) is 8.42 Å². The maximum Gasteiger partial charge on any atom is 0.269 e. The van der Waals surface area contributed by atoms with Crippen molar-refractivity contribution in [2.75, 3.05) is 24.6 Å². The van der Waals surface area contributed by atoms with Crippen LogP contribution in [0.3, 0.4) is 0 Å². The molecule has 2 aromatic rings. The third-order valence-electron chi connectivity index (χ3n) is 3.11. The quantitative estimate of drug-likeness (QED) is 0.845. The molecule has 9 heteroatoms. The third kappa shape index (κ3) is 2.55. The van der Waals surface area contributed by atoms with Crippen LogP contribution in [0.25, 0.3) is 0 Å². The Labute approximate surface area is 132 Å². The van der Waals surface area contributed by atoms with Crippen LogP contribution in [0.1, 0.15) is 0 Å². The summed E-state index contributed by atoms with van der Waals surface area (Å²) < 4.78 is 37.4. The molecule has 0 amide bonds. The van der Waals surface area contributed by atoms with Crippen LogP contribution in [-0.2, 0) is 10.0 Å². The van der Waals surface area contributed by atoms with Crippen LogP contribution < -0.4 is 13.8 Å². The van der Waals surface area contributed by atoms with Gasteiger partial charge >= 0.3 is 0 Å². The topological polar surface area (TPSA) is 81.6 Å². The van der Waals surface area contributed by atoms with Gasteiger partial charge < -0.3 is 9.47 Å². The lowest BCUT2D eigenvalue weighted by molar-refractivity contribution is 0.167. The van der Waals surface area contributed by atoms with Crippen LogP contribution in [0.5, 0.6) is 11.5 Å². The van der Waals surface area contributed by atoms with E-state index >= 15 is 0 Å². The summed E-state index contributed by atoms with van der Waals surface area (Å²) >= 11 is 5.66. The van der Waals surface area contributed by atoms with Crippen LogP contribution in [0.15, 0.2) is 35.2 Å². The fourth-order valence-electron chi connectivity index (χ4n) is 2.00. The highest BCUT2D eigenvalue weighted by Gasteiger charge is 2.29. The van der Waals surface area contributed by atoms with Crippen molar-refractivity contribution < 1.29 is 17.9 Å². The predicted molar refractivity (Wildman–Crippen MR) is 80.1 cm³/mol. The summed E-state index contributed by atoms with van der Waals surface area (Å²) in [6, 6.07) is 7.66. The Morgan fingerprint density at radius 3 is 2.64 bits per heavy atom. The molecule has 0 atom stereocenters. The van der Waals surface area contributed by atoms with Gasteiger partial charge in [0, 0.05) is 7.05 Å². The van der Waals surface area contributed by atoms with Crippen LogP contribution >= 0.6 is 11.6 Å². The molecule has 0 N–H and O–H groups in total. The molecule has 1 aromatic carbocycles.